The lowest BCUT2D eigenvalue weighted by Gasteiger charge is -2.33. The van der Waals surface area contributed by atoms with Crippen molar-refractivity contribution >= 4 is 11.6 Å². The van der Waals surface area contributed by atoms with E-state index in [0.29, 0.717) is 11.7 Å². The number of ether oxygens (including phenoxy) is 1. The van der Waals surface area contributed by atoms with Gasteiger partial charge in [0, 0.05) is 11.5 Å². The molecule has 0 spiro atoms. The number of piperidine rings is 1. The summed E-state index contributed by atoms with van der Waals surface area (Å²) in [7, 11) is 1.63. The molecular weight excluding hydrogens is 324 g/mol. The smallest absolute Gasteiger partial charge is 0.287 e. The molecule has 1 aliphatic rings. The van der Waals surface area contributed by atoms with Crippen molar-refractivity contribution in [1.29, 1.82) is 0 Å². The first kappa shape index (κ1) is 18.5. The molecule has 0 aromatic heterocycles. The molecule has 1 fully saturated rings. The van der Waals surface area contributed by atoms with Gasteiger partial charge in [-0.15, -0.1) is 0 Å². The Morgan fingerprint density at radius 3 is 2.69 bits per heavy atom. The quantitative estimate of drug-likeness (QED) is 0.868. The normalized spacial score (nSPS) is 21.0. The van der Waals surface area contributed by atoms with Crippen LogP contribution in [0, 0.1) is 12.8 Å². The lowest BCUT2D eigenvalue weighted by atomic mass is 9.95. The van der Waals surface area contributed by atoms with E-state index in [0.717, 1.165) is 29.9 Å². The van der Waals surface area contributed by atoms with Crippen LogP contribution in [0.15, 0.2) is 48.5 Å². The van der Waals surface area contributed by atoms with Crippen LogP contribution in [0.1, 0.15) is 36.9 Å². The fraction of sp³-hybridized carbons (Fsp3) is 0.409. The van der Waals surface area contributed by atoms with E-state index in [1.54, 1.807) is 7.11 Å². The Morgan fingerprint density at radius 1 is 1.23 bits per heavy atom. The molecule has 4 heteroatoms. The second-order valence-electron chi connectivity index (χ2n) is 7.40. The molecule has 2 aromatic rings. The van der Waals surface area contributed by atoms with Crippen LogP contribution in [-0.2, 0) is 4.79 Å². The number of methoxy groups -OCH3 is 1. The zero-order chi connectivity index (χ0) is 18.5. The number of likely N-dealkylation sites (tertiary alicyclic amines) is 1. The number of carbonyl (C=O) groups is 1. The zero-order valence-electron chi connectivity index (χ0n) is 15.9. The second kappa shape index (κ2) is 8.37. The van der Waals surface area contributed by atoms with Crippen molar-refractivity contribution < 1.29 is 14.4 Å². The third-order valence-electron chi connectivity index (χ3n) is 5.22. The minimum atomic E-state index is -0.204. The van der Waals surface area contributed by atoms with Gasteiger partial charge in [0.05, 0.1) is 25.9 Å². The number of hydrogen-bond donors (Lipinski definition) is 2. The molecule has 0 saturated carbocycles. The first-order chi connectivity index (χ1) is 12.6. The molecule has 0 bridgehead atoms. The average Bonchev–Trinajstić information content (AvgIpc) is 2.63. The molecule has 26 heavy (non-hydrogen) atoms. The van der Waals surface area contributed by atoms with Crippen molar-refractivity contribution in [3.8, 4) is 5.75 Å². The first-order valence-corrected chi connectivity index (χ1v) is 9.43. The fourth-order valence-corrected chi connectivity index (χ4v) is 3.93. The number of rotatable bonds is 5. The Labute approximate surface area is 156 Å². The Bertz CT molecular complexity index is 745. The summed E-state index contributed by atoms with van der Waals surface area (Å²) in [6.45, 7) is 6.35. The molecule has 1 heterocycles. The van der Waals surface area contributed by atoms with Gasteiger partial charge in [0.1, 0.15) is 5.75 Å². The first-order valence-electron chi connectivity index (χ1n) is 9.43. The predicted octanol–water partition coefficient (Wildman–Crippen LogP) is 3.00. The van der Waals surface area contributed by atoms with Crippen LogP contribution < -0.4 is 15.0 Å². The molecule has 0 aliphatic carbocycles. The number of nitrogens with one attached hydrogen (secondary N) is 2. The van der Waals surface area contributed by atoms with E-state index in [1.165, 1.54) is 17.7 Å². The summed E-state index contributed by atoms with van der Waals surface area (Å²) in [4.78, 5) is 14.7. The number of amides is 1. The van der Waals surface area contributed by atoms with Crippen molar-refractivity contribution in [2.75, 3.05) is 25.5 Å². The van der Waals surface area contributed by atoms with E-state index in [2.05, 4.69) is 24.4 Å². The maximum Gasteiger partial charge on any atom is 0.287 e. The van der Waals surface area contributed by atoms with Crippen molar-refractivity contribution in [3.63, 3.8) is 0 Å². The number of benzene rings is 2. The highest BCUT2D eigenvalue weighted by Gasteiger charge is 2.34. The highest BCUT2D eigenvalue weighted by atomic mass is 16.5. The van der Waals surface area contributed by atoms with E-state index < -0.39 is 0 Å². The van der Waals surface area contributed by atoms with Crippen molar-refractivity contribution in [1.82, 2.24) is 0 Å². The maximum atomic E-state index is 13.3. The van der Waals surface area contributed by atoms with Crippen LogP contribution in [0.3, 0.4) is 0 Å². The fourth-order valence-electron chi connectivity index (χ4n) is 3.93. The van der Waals surface area contributed by atoms with Crippen LogP contribution in [0.4, 0.5) is 5.69 Å². The van der Waals surface area contributed by atoms with Gasteiger partial charge >= 0.3 is 0 Å². The summed E-state index contributed by atoms with van der Waals surface area (Å²) in [6.07, 6.45) is 2.42. The average molecular weight is 353 g/mol. The number of anilines is 1. The molecule has 0 radical (unpaired) electrons. The predicted molar refractivity (Wildman–Crippen MR) is 105 cm³/mol. The third kappa shape index (κ3) is 4.25. The van der Waals surface area contributed by atoms with Gasteiger partial charge in [-0.2, -0.15) is 0 Å². The summed E-state index contributed by atoms with van der Waals surface area (Å²) < 4.78 is 5.43. The van der Waals surface area contributed by atoms with Crippen LogP contribution >= 0.6 is 0 Å². The topological polar surface area (TPSA) is 42.8 Å². The zero-order valence-corrected chi connectivity index (χ0v) is 15.9. The van der Waals surface area contributed by atoms with E-state index in [-0.39, 0.29) is 11.9 Å². The Balaban J connectivity index is 1.89. The second-order valence-corrected chi connectivity index (χ2v) is 7.40. The summed E-state index contributed by atoms with van der Waals surface area (Å²) >= 11 is 0. The van der Waals surface area contributed by atoms with Crippen molar-refractivity contribution in [2.24, 2.45) is 5.92 Å². The molecule has 1 unspecified atom stereocenters. The van der Waals surface area contributed by atoms with Gasteiger partial charge < -0.3 is 15.0 Å². The molecule has 2 aromatic carbocycles. The lowest BCUT2D eigenvalue weighted by molar-refractivity contribution is -0.929. The highest BCUT2D eigenvalue weighted by Crippen LogP contribution is 2.26. The monoisotopic (exact) mass is 353 g/mol. The van der Waals surface area contributed by atoms with Gasteiger partial charge in [-0.3, -0.25) is 4.79 Å². The molecule has 4 nitrogen and oxygen atoms in total. The number of carbonyl (C=O) groups excluding carboxylic acids is 1. The van der Waals surface area contributed by atoms with E-state index in [9.17, 15) is 4.79 Å². The molecule has 3 rings (SSSR count). The van der Waals surface area contributed by atoms with Gasteiger partial charge in [-0.1, -0.05) is 43.3 Å². The van der Waals surface area contributed by atoms with Crippen LogP contribution in [0.2, 0.25) is 0 Å². The third-order valence-corrected chi connectivity index (χ3v) is 5.22. The van der Waals surface area contributed by atoms with Gasteiger partial charge in [0.15, 0.2) is 6.04 Å². The van der Waals surface area contributed by atoms with Crippen LogP contribution in [0.25, 0.3) is 0 Å². The van der Waals surface area contributed by atoms with Gasteiger partial charge in [-0.25, -0.2) is 0 Å². The lowest BCUT2D eigenvalue weighted by Crippen LogP contribution is -3.14. The molecule has 138 valence electrons. The molecule has 1 amide bonds. The molecule has 2 N–H and O–H groups in total. The van der Waals surface area contributed by atoms with E-state index in [4.69, 9.17) is 4.74 Å². The molecular formula is C22H29N2O2+. The van der Waals surface area contributed by atoms with Gasteiger partial charge in [0.25, 0.3) is 5.91 Å². The Hall–Kier alpha value is -2.33. The van der Waals surface area contributed by atoms with Gasteiger partial charge in [0.2, 0.25) is 0 Å². The number of hydrogen-bond acceptors (Lipinski definition) is 2. The summed E-state index contributed by atoms with van der Waals surface area (Å²) in [5, 5.41) is 3.13. The van der Waals surface area contributed by atoms with Crippen LogP contribution in [-0.4, -0.2) is 26.1 Å². The van der Waals surface area contributed by atoms with Gasteiger partial charge in [-0.05, 0) is 37.5 Å². The minimum absolute atomic E-state index is 0.0317. The van der Waals surface area contributed by atoms with Crippen LogP contribution in [0.5, 0.6) is 5.75 Å². The standard InChI is InChI=1S/C22H28N2O2/c1-16-11-12-20(26-3)19(14-16)23-22(25)21(18-9-5-4-6-10-18)24-13-7-8-17(2)15-24/h4-6,9-12,14,17,21H,7-8,13,15H2,1-3H3,(H,23,25)/p+1/t17-,21+/m0/s1. The summed E-state index contributed by atoms with van der Waals surface area (Å²) in [5.74, 6) is 1.37. The van der Waals surface area contributed by atoms with Crippen molar-refractivity contribution in [3.05, 3.63) is 59.7 Å². The highest BCUT2D eigenvalue weighted by molar-refractivity contribution is 5.96. The molecule has 1 saturated heterocycles. The molecule has 1 aliphatic heterocycles. The number of aryl methyl sites for hydroxylation is 1. The Kier molecular flexibility index (Phi) is 5.94. The summed E-state index contributed by atoms with van der Waals surface area (Å²) in [6, 6.07) is 15.8. The van der Waals surface area contributed by atoms with Crippen molar-refractivity contribution in [2.45, 2.75) is 32.7 Å². The molecule has 3 atom stereocenters. The van der Waals surface area contributed by atoms with E-state index in [1.807, 2.05) is 43.3 Å². The Morgan fingerprint density at radius 2 is 2.00 bits per heavy atom. The summed E-state index contributed by atoms with van der Waals surface area (Å²) in [5.41, 5.74) is 2.90. The number of quaternary nitrogens is 1. The SMILES string of the molecule is COc1ccc(C)cc1NC(=O)[C@@H](c1ccccc1)[NH+]1CCC[C@H](C)C1. The maximum absolute atomic E-state index is 13.3. The minimum Gasteiger partial charge on any atom is -0.495 e. The largest absolute Gasteiger partial charge is 0.495 e. The van der Waals surface area contributed by atoms with E-state index >= 15 is 0 Å².